The van der Waals surface area contributed by atoms with Crippen molar-refractivity contribution in [3.8, 4) is 11.1 Å². The highest BCUT2D eigenvalue weighted by molar-refractivity contribution is 7.85. The predicted octanol–water partition coefficient (Wildman–Crippen LogP) is 1.94. The lowest BCUT2D eigenvalue weighted by atomic mass is 10.0. The number of hydrogen-bond donors (Lipinski definition) is 3. The van der Waals surface area contributed by atoms with Crippen LogP contribution in [0.3, 0.4) is 0 Å². The second-order valence-corrected chi connectivity index (χ2v) is 11.4. The van der Waals surface area contributed by atoms with Crippen molar-refractivity contribution in [3.05, 3.63) is 33.9 Å². The molecular formula is C19H29Cl2N5O7S2. The molecule has 0 radical (unpaired) electrons. The number of nitrogens with two attached hydrogens (primary N) is 1. The fourth-order valence-electron chi connectivity index (χ4n) is 2.91. The largest absolute Gasteiger partial charge is 0.383 e. The van der Waals surface area contributed by atoms with E-state index in [4.69, 9.17) is 47.8 Å². The van der Waals surface area contributed by atoms with Crippen molar-refractivity contribution >= 4 is 55.2 Å². The number of aromatic nitrogens is 2. The van der Waals surface area contributed by atoms with E-state index in [9.17, 15) is 16.8 Å². The fraction of sp³-hybridized carbons (Fsp3) is 0.474. The average molecular weight is 575 g/mol. The summed E-state index contributed by atoms with van der Waals surface area (Å²) in [6.45, 7) is 3.99. The number of hydrogen-bond acceptors (Lipinski definition) is 10. The van der Waals surface area contributed by atoms with Crippen LogP contribution >= 0.6 is 23.2 Å². The van der Waals surface area contributed by atoms with Gasteiger partial charge in [0.05, 0.1) is 24.8 Å². The minimum Gasteiger partial charge on any atom is -0.383 e. The first-order chi connectivity index (χ1) is 16.0. The molecule has 35 heavy (non-hydrogen) atoms. The maximum Gasteiger partial charge on any atom is 0.261 e. The third-order valence-electron chi connectivity index (χ3n) is 4.22. The SMILES string of the molecule is COCc1nc(N2CCN(C)CC2)nc(N)c1-c1cc(Cl)cc(Cl)c1.CS(=O)(=O)O.CS(=O)(=O)O. The molecule has 0 atom stereocenters. The number of nitrogen functional groups attached to an aromatic ring is 1. The molecule has 0 aliphatic carbocycles. The second-order valence-electron chi connectivity index (χ2n) is 7.58. The van der Waals surface area contributed by atoms with Crippen LogP contribution in [0.4, 0.5) is 11.8 Å². The Bertz CT molecular complexity index is 1140. The van der Waals surface area contributed by atoms with Crippen LogP contribution in [0, 0.1) is 0 Å². The maximum atomic E-state index is 9.19. The summed E-state index contributed by atoms with van der Waals surface area (Å²) >= 11 is 12.3. The number of anilines is 2. The van der Waals surface area contributed by atoms with E-state index in [0.717, 1.165) is 37.4 Å². The molecule has 1 aliphatic heterocycles. The molecule has 198 valence electrons. The van der Waals surface area contributed by atoms with Gasteiger partial charge >= 0.3 is 0 Å². The summed E-state index contributed by atoms with van der Waals surface area (Å²) in [5.41, 5.74) is 8.51. The number of nitrogens with zero attached hydrogens (tertiary/aromatic N) is 4. The Morgan fingerprint density at radius 1 is 0.971 bits per heavy atom. The highest BCUT2D eigenvalue weighted by Gasteiger charge is 2.21. The zero-order valence-corrected chi connectivity index (χ0v) is 22.8. The van der Waals surface area contributed by atoms with Crippen LogP contribution in [0.1, 0.15) is 5.69 Å². The lowest BCUT2D eigenvalue weighted by Gasteiger charge is -2.32. The third-order valence-corrected chi connectivity index (χ3v) is 4.65. The highest BCUT2D eigenvalue weighted by Crippen LogP contribution is 2.33. The lowest BCUT2D eigenvalue weighted by molar-refractivity contribution is 0.182. The molecule has 4 N–H and O–H groups in total. The summed E-state index contributed by atoms with van der Waals surface area (Å²) < 4.78 is 57.1. The molecular weight excluding hydrogens is 545 g/mol. The predicted molar refractivity (Wildman–Crippen MR) is 137 cm³/mol. The van der Waals surface area contributed by atoms with Gasteiger partial charge in [-0.05, 0) is 30.8 Å². The van der Waals surface area contributed by atoms with Gasteiger partial charge in [-0.3, -0.25) is 9.11 Å². The monoisotopic (exact) mass is 573 g/mol. The van der Waals surface area contributed by atoms with Gasteiger partial charge in [0.25, 0.3) is 20.2 Å². The van der Waals surface area contributed by atoms with Gasteiger partial charge in [-0.2, -0.15) is 21.8 Å². The van der Waals surface area contributed by atoms with Crippen molar-refractivity contribution in [3.63, 3.8) is 0 Å². The number of piperazine rings is 1. The van der Waals surface area contributed by atoms with E-state index < -0.39 is 20.2 Å². The van der Waals surface area contributed by atoms with Gasteiger partial charge in [-0.25, -0.2) is 4.98 Å². The molecule has 0 amide bonds. The molecule has 1 fully saturated rings. The Labute approximate surface area is 215 Å². The van der Waals surface area contributed by atoms with E-state index in [0.29, 0.717) is 46.5 Å². The zero-order chi connectivity index (χ0) is 27.0. The van der Waals surface area contributed by atoms with Crippen molar-refractivity contribution in [2.24, 2.45) is 0 Å². The van der Waals surface area contributed by atoms with Gasteiger partial charge in [-0.1, -0.05) is 23.2 Å². The first kappa shape index (κ1) is 31.3. The Morgan fingerprint density at radius 3 is 1.86 bits per heavy atom. The maximum absolute atomic E-state index is 9.19. The quantitative estimate of drug-likeness (QED) is 0.453. The minimum absolute atomic E-state index is 0.326. The topological polar surface area (TPSA) is 176 Å². The molecule has 3 rings (SSSR count). The molecule has 0 bridgehead atoms. The molecule has 12 nitrogen and oxygen atoms in total. The van der Waals surface area contributed by atoms with Crippen LogP contribution in [-0.2, 0) is 31.6 Å². The van der Waals surface area contributed by atoms with Gasteiger partial charge < -0.3 is 20.3 Å². The number of likely N-dealkylation sites (N-methyl/N-ethyl adjacent to an activating group) is 1. The molecule has 0 saturated carbocycles. The number of halogens is 2. The van der Waals surface area contributed by atoms with Crippen molar-refractivity contribution in [2.45, 2.75) is 6.61 Å². The Hall–Kier alpha value is -1.78. The van der Waals surface area contributed by atoms with Crippen LogP contribution in [0.2, 0.25) is 10.0 Å². The van der Waals surface area contributed by atoms with Gasteiger partial charge in [0.1, 0.15) is 5.82 Å². The highest BCUT2D eigenvalue weighted by atomic mass is 35.5. The fourth-order valence-corrected chi connectivity index (χ4v) is 3.44. The summed E-state index contributed by atoms with van der Waals surface area (Å²) in [6, 6.07) is 5.28. The van der Waals surface area contributed by atoms with E-state index in [1.165, 1.54) is 0 Å². The number of ether oxygens (including phenoxy) is 1. The molecule has 1 saturated heterocycles. The average Bonchev–Trinajstić information content (AvgIpc) is 2.65. The molecule has 1 aromatic heterocycles. The molecule has 16 heteroatoms. The summed E-state index contributed by atoms with van der Waals surface area (Å²) in [5, 5.41) is 1.07. The first-order valence-electron chi connectivity index (χ1n) is 9.88. The van der Waals surface area contributed by atoms with Gasteiger partial charge in [-0.15, -0.1) is 0 Å². The van der Waals surface area contributed by atoms with E-state index in [1.54, 1.807) is 25.3 Å². The van der Waals surface area contributed by atoms with E-state index in [1.807, 2.05) is 0 Å². The summed E-state index contributed by atoms with van der Waals surface area (Å²) in [6.07, 6.45) is 1.43. The number of rotatable bonds is 4. The standard InChI is InChI=1S/C17H21Cl2N5O.2CH4O3S/c1-23-3-5-24(6-4-23)17-21-14(10-25-2)15(16(20)22-17)11-7-12(18)9-13(19)8-11;2*1-5(2,3)4/h7-9H,3-6,10H2,1-2H3,(H2,20,21,22);2*1H3,(H,2,3,4). The van der Waals surface area contributed by atoms with Crippen molar-refractivity contribution in [2.75, 3.05) is 63.5 Å². The zero-order valence-electron chi connectivity index (χ0n) is 19.6. The van der Waals surface area contributed by atoms with Crippen LogP contribution in [-0.4, -0.2) is 93.7 Å². The van der Waals surface area contributed by atoms with E-state index >= 15 is 0 Å². The Kier molecular flexibility index (Phi) is 12.1. The summed E-state index contributed by atoms with van der Waals surface area (Å²) in [7, 11) is -3.60. The second kappa shape index (κ2) is 13.5. The smallest absolute Gasteiger partial charge is 0.261 e. The molecule has 2 heterocycles. The molecule has 0 unspecified atom stereocenters. The molecule has 1 aromatic carbocycles. The first-order valence-corrected chi connectivity index (χ1v) is 14.3. The van der Waals surface area contributed by atoms with Crippen molar-refractivity contribution < 1.29 is 30.7 Å². The van der Waals surface area contributed by atoms with Crippen molar-refractivity contribution in [1.29, 1.82) is 0 Å². The van der Waals surface area contributed by atoms with Crippen LogP contribution in [0.5, 0.6) is 0 Å². The van der Waals surface area contributed by atoms with Crippen LogP contribution in [0.15, 0.2) is 18.2 Å². The number of benzene rings is 1. The number of methoxy groups -OCH3 is 1. The van der Waals surface area contributed by atoms with Crippen molar-refractivity contribution in [1.82, 2.24) is 14.9 Å². The molecule has 2 aromatic rings. The van der Waals surface area contributed by atoms with Gasteiger partial charge in [0, 0.05) is 48.9 Å². The minimum atomic E-state index is -3.67. The summed E-state index contributed by atoms with van der Waals surface area (Å²) in [5.74, 6) is 1.03. The lowest BCUT2D eigenvalue weighted by Crippen LogP contribution is -2.45. The Morgan fingerprint density at radius 2 is 1.43 bits per heavy atom. The van der Waals surface area contributed by atoms with Crippen LogP contribution < -0.4 is 10.6 Å². The van der Waals surface area contributed by atoms with E-state index in [-0.39, 0.29) is 0 Å². The van der Waals surface area contributed by atoms with Gasteiger partial charge in [0.2, 0.25) is 5.95 Å². The van der Waals surface area contributed by atoms with Gasteiger partial charge in [0.15, 0.2) is 0 Å². The van der Waals surface area contributed by atoms with E-state index in [2.05, 4.69) is 21.8 Å². The summed E-state index contributed by atoms with van der Waals surface area (Å²) in [4.78, 5) is 13.7. The Balaban J connectivity index is 0.000000519. The molecule has 0 spiro atoms. The third kappa shape index (κ3) is 13.2. The normalized spacial score (nSPS) is 14.5. The molecule has 1 aliphatic rings. The van der Waals surface area contributed by atoms with Crippen LogP contribution in [0.25, 0.3) is 11.1 Å².